The van der Waals surface area contributed by atoms with Gasteiger partial charge in [-0.2, -0.15) is 13.2 Å². The van der Waals surface area contributed by atoms with Crippen molar-refractivity contribution in [1.82, 2.24) is 0 Å². The predicted molar refractivity (Wildman–Crippen MR) is 44.8 cm³/mol. The molecule has 1 saturated heterocycles. The Bertz CT molecular complexity index is 170. The van der Waals surface area contributed by atoms with Gasteiger partial charge in [0.05, 0.1) is 12.7 Å². The summed E-state index contributed by atoms with van der Waals surface area (Å²) in [5.41, 5.74) is 0. The Hall–Kier alpha value is -0.290. The summed E-state index contributed by atoms with van der Waals surface area (Å²) in [6, 6.07) is 0. The highest BCUT2D eigenvalue weighted by Gasteiger charge is 2.29. The molecule has 1 rings (SSSR count). The van der Waals surface area contributed by atoms with Gasteiger partial charge in [0.1, 0.15) is 0 Å². The molecule has 0 saturated carbocycles. The second-order valence-corrected chi connectivity index (χ2v) is 3.70. The maximum Gasteiger partial charge on any atom is 0.389 e. The molecule has 0 bridgehead atoms. The van der Waals surface area contributed by atoms with Crippen molar-refractivity contribution in [3.05, 3.63) is 0 Å². The van der Waals surface area contributed by atoms with Crippen LogP contribution in [-0.2, 0) is 4.74 Å². The van der Waals surface area contributed by atoms with E-state index in [0.29, 0.717) is 26.1 Å². The van der Waals surface area contributed by atoms with Crippen LogP contribution in [0.25, 0.3) is 0 Å². The molecule has 0 aliphatic carbocycles. The van der Waals surface area contributed by atoms with E-state index in [-0.39, 0.29) is 12.3 Å². The Balaban J connectivity index is 2.17. The second-order valence-electron chi connectivity index (χ2n) is 3.70. The molecule has 1 aliphatic rings. The lowest BCUT2D eigenvalue weighted by atomic mass is 9.93. The van der Waals surface area contributed by atoms with Crippen molar-refractivity contribution in [3.63, 3.8) is 0 Å². The SMILES string of the molecule is OC1CCOCC1CCCC(F)(F)F. The number of hydrogen-bond acceptors (Lipinski definition) is 2. The molecular weight excluding hydrogens is 197 g/mol. The van der Waals surface area contributed by atoms with Crippen LogP contribution in [0.15, 0.2) is 0 Å². The first-order chi connectivity index (χ1) is 6.49. The Morgan fingerprint density at radius 3 is 2.64 bits per heavy atom. The van der Waals surface area contributed by atoms with Crippen molar-refractivity contribution < 1.29 is 23.0 Å². The lowest BCUT2D eigenvalue weighted by Gasteiger charge is -2.27. The highest BCUT2D eigenvalue weighted by Crippen LogP contribution is 2.26. The van der Waals surface area contributed by atoms with Crippen molar-refractivity contribution >= 4 is 0 Å². The Kier molecular flexibility index (Phi) is 4.19. The molecule has 1 fully saturated rings. The van der Waals surface area contributed by atoms with Gasteiger partial charge in [-0.15, -0.1) is 0 Å². The molecule has 2 nitrogen and oxygen atoms in total. The molecule has 0 aromatic rings. The molecule has 0 aromatic heterocycles. The van der Waals surface area contributed by atoms with E-state index in [0.717, 1.165) is 0 Å². The summed E-state index contributed by atoms with van der Waals surface area (Å²) in [5.74, 6) is -0.119. The zero-order valence-corrected chi connectivity index (χ0v) is 7.89. The molecule has 5 heteroatoms. The minimum absolute atomic E-state index is 0.0780. The van der Waals surface area contributed by atoms with Crippen LogP contribution in [0.1, 0.15) is 25.7 Å². The average Bonchev–Trinajstić information content (AvgIpc) is 2.06. The van der Waals surface area contributed by atoms with Gasteiger partial charge in [0.25, 0.3) is 0 Å². The largest absolute Gasteiger partial charge is 0.393 e. The van der Waals surface area contributed by atoms with Gasteiger partial charge in [-0.1, -0.05) is 0 Å². The van der Waals surface area contributed by atoms with Crippen LogP contribution in [0.5, 0.6) is 0 Å². The van der Waals surface area contributed by atoms with Crippen LogP contribution in [0.3, 0.4) is 0 Å². The standard InChI is InChI=1S/C9H15F3O2/c10-9(11,12)4-1-2-7-6-14-5-3-8(7)13/h7-8,13H,1-6H2. The summed E-state index contributed by atoms with van der Waals surface area (Å²) in [5, 5.41) is 9.44. The third-order valence-corrected chi connectivity index (χ3v) is 2.47. The Labute approximate surface area is 81.1 Å². The Morgan fingerprint density at radius 1 is 1.36 bits per heavy atom. The topological polar surface area (TPSA) is 29.5 Å². The lowest BCUT2D eigenvalue weighted by molar-refractivity contribution is -0.137. The highest BCUT2D eigenvalue weighted by molar-refractivity contribution is 4.72. The molecule has 1 aliphatic heterocycles. The second kappa shape index (κ2) is 4.98. The maximum atomic E-state index is 11.8. The summed E-state index contributed by atoms with van der Waals surface area (Å²) in [6.07, 6.45) is -4.33. The Morgan fingerprint density at radius 2 is 2.07 bits per heavy atom. The van der Waals surface area contributed by atoms with Crippen LogP contribution in [0.4, 0.5) is 13.2 Å². The molecule has 0 amide bonds. The van der Waals surface area contributed by atoms with Crippen molar-refractivity contribution in [3.8, 4) is 0 Å². The van der Waals surface area contributed by atoms with Crippen LogP contribution in [0.2, 0.25) is 0 Å². The van der Waals surface area contributed by atoms with Crippen molar-refractivity contribution in [2.75, 3.05) is 13.2 Å². The van der Waals surface area contributed by atoms with Gasteiger partial charge in [-0.3, -0.25) is 0 Å². The van der Waals surface area contributed by atoms with Crippen molar-refractivity contribution in [2.24, 2.45) is 5.92 Å². The van der Waals surface area contributed by atoms with Gasteiger partial charge in [0.15, 0.2) is 0 Å². The van der Waals surface area contributed by atoms with Crippen LogP contribution in [-0.4, -0.2) is 30.6 Å². The van der Waals surface area contributed by atoms with Crippen LogP contribution < -0.4 is 0 Å². The molecule has 0 aromatic carbocycles. The lowest BCUT2D eigenvalue weighted by Crippen LogP contribution is -2.31. The zero-order valence-electron chi connectivity index (χ0n) is 7.89. The molecule has 2 unspecified atom stereocenters. The van der Waals surface area contributed by atoms with Gasteiger partial charge in [0.2, 0.25) is 0 Å². The zero-order chi connectivity index (χ0) is 10.6. The predicted octanol–water partition coefficient (Wildman–Crippen LogP) is 2.12. The molecule has 0 radical (unpaired) electrons. The van der Waals surface area contributed by atoms with Crippen LogP contribution >= 0.6 is 0 Å². The first-order valence-corrected chi connectivity index (χ1v) is 4.81. The van der Waals surface area contributed by atoms with Crippen LogP contribution in [0, 0.1) is 5.92 Å². The first-order valence-electron chi connectivity index (χ1n) is 4.81. The quantitative estimate of drug-likeness (QED) is 0.776. The van der Waals surface area contributed by atoms with Crippen molar-refractivity contribution in [1.29, 1.82) is 0 Å². The minimum Gasteiger partial charge on any atom is -0.393 e. The third kappa shape index (κ3) is 4.28. The van der Waals surface area contributed by atoms with Gasteiger partial charge in [-0.25, -0.2) is 0 Å². The van der Waals surface area contributed by atoms with E-state index in [4.69, 9.17) is 4.74 Å². The number of aliphatic hydroxyl groups is 1. The number of ether oxygens (including phenoxy) is 1. The fourth-order valence-electron chi connectivity index (χ4n) is 1.63. The molecular formula is C9H15F3O2. The normalized spacial score (nSPS) is 29.1. The van der Waals surface area contributed by atoms with E-state index in [1.807, 2.05) is 0 Å². The van der Waals surface area contributed by atoms with E-state index in [2.05, 4.69) is 0 Å². The molecule has 2 atom stereocenters. The van der Waals surface area contributed by atoms with Crippen molar-refractivity contribution in [2.45, 2.75) is 38.0 Å². The number of alkyl halides is 3. The molecule has 0 spiro atoms. The van der Waals surface area contributed by atoms with E-state index in [9.17, 15) is 18.3 Å². The highest BCUT2D eigenvalue weighted by atomic mass is 19.4. The summed E-state index contributed by atoms with van der Waals surface area (Å²) >= 11 is 0. The molecule has 1 heterocycles. The summed E-state index contributed by atoms with van der Waals surface area (Å²) in [6.45, 7) is 0.899. The average molecular weight is 212 g/mol. The summed E-state index contributed by atoms with van der Waals surface area (Å²) in [7, 11) is 0. The monoisotopic (exact) mass is 212 g/mol. The fourth-order valence-corrected chi connectivity index (χ4v) is 1.63. The minimum atomic E-state index is -4.08. The first kappa shape index (κ1) is 11.8. The van der Waals surface area contributed by atoms with E-state index < -0.39 is 18.7 Å². The summed E-state index contributed by atoms with van der Waals surface area (Å²) in [4.78, 5) is 0. The smallest absolute Gasteiger partial charge is 0.389 e. The molecule has 14 heavy (non-hydrogen) atoms. The van der Waals surface area contributed by atoms with Gasteiger partial charge in [-0.05, 0) is 19.3 Å². The van der Waals surface area contributed by atoms with E-state index >= 15 is 0 Å². The van der Waals surface area contributed by atoms with Gasteiger partial charge >= 0.3 is 6.18 Å². The molecule has 84 valence electrons. The van der Waals surface area contributed by atoms with E-state index in [1.54, 1.807) is 0 Å². The fraction of sp³-hybridized carbons (Fsp3) is 1.00. The number of aliphatic hydroxyl groups excluding tert-OH is 1. The molecule has 1 N–H and O–H groups in total. The number of halogens is 3. The summed E-state index contributed by atoms with van der Waals surface area (Å²) < 4.78 is 40.5. The number of rotatable bonds is 3. The van der Waals surface area contributed by atoms with E-state index in [1.165, 1.54) is 0 Å². The van der Waals surface area contributed by atoms with Gasteiger partial charge < -0.3 is 9.84 Å². The van der Waals surface area contributed by atoms with Gasteiger partial charge in [0, 0.05) is 18.9 Å². The number of hydrogen-bond donors (Lipinski definition) is 1. The maximum absolute atomic E-state index is 11.8. The third-order valence-electron chi connectivity index (χ3n) is 2.47.